The molecule has 0 saturated heterocycles. The van der Waals surface area contributed by atoms with Crippen molar-refractivity contribution in [2.75, 3.05) is 12.4 Å². The van der Waals surface area contributed by atoms with Crippen LogP contribution >= 0.6 is 0 Å². The van der Waals surface area contributed by atoms with E-state index in [1.165, 1.54) is 25.3 Å². The fourth-order valence-corrected chi connectivity index (χ4v) is 1.74. The van der Waals surface area contributed by atoms with Crippen LogP contribution in [-0.2, 0) is 0 Å². The van der Waals surface area contributed by atoms with E-state index in [9.17, 15) is 9.18 Å². The van der Waals surface area contributed by atoms with Crippen LogP contribution in [0.4, 0.5) is 10.1 Å². The minimum atomic E-state index is -0.509. The van der Waals surface area contributed by atoms with Crippen LogP contribution < -0.4 is 10.1 Å². The summed E-state index contributed by atoms with van der Waals surface area (Å²) in [6, 6.07) is 12.1. The second-order valence-electron chi connectivity index (χ2n) is 3.96. The lowest BCUT2D eigenvalue weighted by atomic mass is 10.1. The van der Waals surface area contributed by atoms with Crippen molar-refractivity contribution in [3.63, 3.8) is 0 Å². The Morgan fingerprint density at radius 1 is 1.30 bits per heavy atom. The summed E-state index contributed by atoms with van der Waals surface area (Å²) in [5.41, 5.74) is 0.709. The Kier molecular flexibility index (Phi) is 3.96. The van der Waals surface area contributed by atoms with Crippen molar-refractivity contribution in [3.8, 4) is 11.8 Å². The van der Waals surface area contributed by atoms with Crippen LogP contribution in [0.5, 0.6) is 5.75 Å². The summed E-state index contributed by atoms with van der Waals surface area (Å²) in [5, 5.41) is 11.6. The third-order valence-electron chi connectivity index (χ3n) is 2.69. The van der Waals surface area contributed by atoms with Crippen molar-refractivity contribution < 1.29 is 13.9 Å². The van der Waals surface area contributed by atoms with E-state index in [1.807, 2.05) is 6.07 Å². The highest BCUT2D eigenvalue weighted by Crippen LogP contribution is 2.28. The van der Waals surface area contributed by atoms with Crippen LogP contribution in [0.25, 0.3) is 0 Å². The molecule has 1 amide bonds. The van der Waals surface area contributed by atoms with Crippen LogP contribution in [-0.4, -0.2) is 13.0 Å². The molecular weight excluding hydrogens is 259 g/mol. The lowest BCUT2D eigenvalue weighted by molar-refractivity contribution is 0.102. The molecule has 0 spiro atoms. The Bertz CT molecular complexity index is 693. The average molecular weight is 270 g/mol. The number of rotatable bonds is 3. The maximum Gasteiger partial charge on any atom is 0.255 e. The van der Waals surface area contributed by atoms with Gasteiger partial charge in [0.15, 0.2) is 0 Å². The van der Waals surface area contributed by atoms with E-state index in [2.05, 4.69) is 5.32 Å². The predicted molar refractivity (Wildman–Crippen MR) is 72.1 cm³/mol. The maximum atomic E-state index is 13.1. The quantitative estimate of drug-likeness (QED) is 0.932. The number of amides is 1. The summed E-state index contributed by atoms with van der Waals surface area (Å²) < 4.78 is 18.2. The number of nitrogens with one attached hydrogen (secondary N) is 1. The van der Waals surface area contributed by atoms with Gasteiger partial charge in [0.2, 0.25) is 0 Å². The van der Waals surface area contributed by atoms with Gasteiger partial charge in [-0.3, -0.25) is 4.79 Å². The van der Waals surface area contributed by atoms with Gasteiger partial charge in [-0.05, 0) is 30.3 Å². The molecule has 0 aliphatic rings. The Morgan fingerprint density at radius 2 is 2.05 bits per heavy atom. The molecule has 0 bridgehead atoms. The Hall–Kier alpha value is -2.87. The first-order valence-corrected chi connectivity index (χ1v) is 5.79. The first kappa shape index (κ1) is 13.6. The third kappa shape index (κ3) is 2.75. The van der Waals surface area contributed by atoms with Gasteiger partial charge >= 0.3 is 0 Å². The second kappa shape index (κ2) is 5.85. The summed E-state index contributed by atoms with van der Waals surface area (Å²) in [5.74, 6) is -0.641. The number of methoxy groups -OCH3 is 1. The van der Waals surface area contributed by atoms with E-state index in [4.69, 9.17) is 10.00 Å². The number of carbonyl (C=O) groups excluding carboxylic acids is 1. The Balaban J connectivity index is 2.35. The maximum absolute atomic E-state index is 13.1. The molecule has 0 aromatic heterocycles. The zero-order chi connectivity index (χ0) is 14.5. The summed E-state index contributed by atoms with van der Waals surface area (Å²) in [6.07, 6.45) is 0. The number of hydrogen-bond acceptors (Lipinski definition) is 3. The van der Waals surface area contributed by atoms with E-state index in [-0.39, 0.29) is 16.8 Å². The molecule has 0 unspecified atom stereocenters. The molecule has 0 fully saturated rings. The van der Waals surface area contributed by atoms with Gasteiger partial charge in [0.1, 0.15) is 23.3 Å². The highest BCUT2D eigenvalue weighted by Gasteiger charge is 2.13. The number of halogens is 1. The van der Waals surface area contributed by atoms with Gasteiger partial charge in [-0.25, -0.2) is 4.39 Å². The molecule has 2 aromatic rings. The highest BCUT2D eigenvalue weighted by atomic mass is 19.1. The van der Waals surface area contributed by atoms with Crippen LogP contribution in [0.15, 0.2) is 42.5 Å². The van der Waals surface area contributed by atoms with Gasteiger partial charge in [0, 0.05) is 5.56 Å². The normalized spacial score (nSPS) is 9.65. The first-order chi connectivity index (χ1) is 9.65. The van der Waals surface area contributed by atoms with Crippen LogP contribution in [0.2, 0.25) is 0 Å². The Morgan fingerprint density at radius 3 is 2.70 bits per heavy atom. The number of anilines is 1. The minimum Gasteiger partial charge on any atom is -0.495 e. The molecule has 0 radical (unpaired) electrons. The molecule has 0 aliphatic heterocycles. The van der Waals surface area contributed by atoms with Crippen molar-refractivity contribution in [2.24, 2.45) is 0 Å². The predicted octanol–water partition coefficient (Wildman–Crippen LogP) is 2.96. The van der Waals surface area contributed by atoms with Gasteiger partial charge in [-0.1, -0.05) is 12.1 Å². The lowest BCUT2D eigenvalue weighted by Gasteiger charge is -2.11. The van der Waals surface area contributed by atoms with Crippen LogP contribution in [0.1, 0.15) is 15.9 Å². The van der Waals surface area contributed by atoms with E-state index < -0.39 is 11.7 Å². The number of carbonyl (C=O) groups is 1. The van der Waals surface area contributed by atoms with E-state index in [1.54, 1.807) is 18.2 Å². The van der Waals surface area contributed by atoms with Crippen molar-refractivity contribution in [1.82, 2.24) is 0 Å². The number of hydrogen-bond donors (Lipinski definition) is 1. The largest absolute Gasteiger partial charge is 0.495 e. The zero-order valence-electron chi connectivity index (χ0n) is 10.7. The molecule has 1 N–H and O–H groups in total. The zero-order valence-corrected chi connectivity index (χ0v) is 10.7. The fraction of sp³-hybridized carbons (Fsp3) is 0.0667. The molecule has 0 aliphatic carbocycles. The van der Waals surface area contributed by atoms with Crippen LogP contribution in [0, 0.1) is 17.1 Å². The molecule has 0 heterocycles. The number of nitriles is 1. The van der Waals surface area contributed by atoms with E-state index in [0.717, 1.165) is 6.07 Å². The topological polar surface area (TPSA) is 62.1 Å². The minimum absolute atomic E-state index is 0.166. The highest BCUT2D eigenvalue weighted by molar-refractivity contribution is 6.05. The first-order valence-electron chi connectivity index (χ1n) is 5.79. The molecule has 0 atom stereocenters. The second-order valence-corrected chi connectivity index (χ2v) is 3.96. The van der Waals surface area contributed by atoms with E-state index in [0.29, 0.717) is 5.75 Å². The van der Waals surface area contributed by atoms with Gasteiger partial charge in [-0.2, -0.15) is 5.26 Å². The van der Waals surface area contributed by atoms with Gasteiger partial charge < -0.3 is 10.1 Å². The summed E-state index contributed by atoms with van der Waals surface area (Å²) in [7, 11) is 1.44. The standard InChI is InChI=1S/C15H11FN2O2/c1-20-13-7-3-5-11(9-17)14(13)18-15(19)10-4-2-6-12(16)8-10/h2-8H,1H3,(H,18,19). The van der Waals surface area contributed by atoms with Crippen molar-refractivity contribution in [1.29, 1.82) is 5.26 Å². The number of nitrogens with zero attached hydrogens (tertiary/aromatic N) is 1. The molecule has 2 aromatic carbocycles. The SMILES string of the molecule is COc1cccc(C#N)c1NC(=O)c1cccc(F)c1. The molecule has 2 rings (SSSR count). The fourth-order valence-electron chi connectivity index (χ4n) is 1.74. The van der Waals surface area contributed by atoms with Gasteiger partial charge in [-0.15, -0.1) is 0 Å². The monoisotopic (exact) mass is 270 g/mol. The number of benzene rings is 2. The number of para-hydroxylation sites is 1. The van der Waals surface area contributed by atoms with Gasteiger partial charge in [0.05, 0.1) is 12.7 Å². The lowest BCUT2D eigenvalue weighted by Crippen LogP contribution is -2.14. The molecule has 4 nitrogen and oxygen atoms in total. The summed E-state index contributed by atoms with van der Waals surface area (Å²) in [6.45, 7) is 0. The molecular formula is C15H11FN2O2. The Labute approximate surface area is 115 Å². The summed E-state index contributed by atoms with van der Waals surface area (Å²) in [4.78, 5) is 12.1. The van der Waals surface area contributed by atoms with Crippen molar-refractivity contribution >= 4 is 11.6 Å². The molecule has 100 valence electrons. The molecule has 0 saturated carbocycles. The van der Waals surface area contributed by atoms with Crippen molar-refractivity contribution in [3.05, 3.63) is 59.4 Å². The van der Waals surface area contributed by atoms with E-state index >= 15 is 0 Å². The smallest absolute Gasteiger partial charge is 0.255 e. The van der Waals surface area contributed by atoms with Gasteiger partial charge in [0.25, 0.3) is 5.91 Å². The van der Waals surface area contributed by atoms with Crippen LogP contribution in [0.3, 0.4) is 0 Å². The third-order valence-corrected chi connectivity index (χ3v) is 2.69. The molecule has 20 heavy (non-hydrogen) atoms. The molecule has 5 heteroatoms. The number of ether oxygens (including phenoxy) is 1. The van der Waals surface area contributed by atoms with Crippen molar-refractivity contribution in [2.45, 2.75) is 0 Å². The summed E-state index contributed by atoms with van der Waals surface area (Å²) >= 11 is 0. The average Bonchev–Trinajstić information content (AvgIpc) is 2.47.